The Kier molecular flexibility index (Phi) is 5.02. The fourth-order valence-corrected chi connectivity index (χ4v) is 3.81. The van der Waals surface area contributed by atoms with Crippen molar-refractivity contribution >= 4 is 34.4 Å². The summed E-state index contributed by atoms with van der Waals surface area (Å²) in [5.41, 5.74) is 2.29. The molecular weight excluding hydrogens is 342 g/mol. The van der Waals surface area contributed by atoms with E-state index >= 15 is 0 Å². The van der Waals surface area contributed by atoms with Crippen LogP contribution in [0.25, 0.3) is 5.57 Å². The van der Waals surface area contributed by atoms with Crippen molar-refractivity contribution in [2.45, 2.75) is 12.8 Å². The summed E-state index contributed by atoms with van der Waals surface area (Å²) in [5, 5.41) is 7.51. The van der Waals surface area contributed by atoms with E-state index in [0.717, 1.165) is 34.1 Å². The molecule has 4 nitrogen and oxygen atoms in total. The van der Waals surface area contributed by atoms with E-state index < -0.39 is 0 Å². The van der Waals surface area contributed by atoms with Crippen LogP contribution in [-0.4, -0.2) is 20.0 Å². The van der Waals surface area contributed by atoms with Gasteiger partial charge in [-0.3, -0.25) is 4.79 Å². The van der Waals surface area contributed by atoms with Gasteiger partial charge in [0.1, 0.15) is 10.5 Å². The van der Waals surface area contributed by atoms with Crippen molar-refractivity contribution in [3.05, 3.63) is 67.6 Å². The Morgan fingerprint density at radius 2 is 2.00 bits per heavy atom. The molecule has 0 saturated heterocycles. The van der Waals surface area contributed by atoms with E-state index in [9.17, 15) is 4.79 Å². The molecule has 0 bridgehead atoms. The molecule has 0 unspecified atom stereocenters. The second-order valence-electron chi connectivity index (χ2n) is 5.38. The molecule has 0 atom stereocenters. The summed E-state index contributed by atoms with van der Waals surface area (Å²) in [6.07, 6.45) is 3.83. The third kappa shape index (κ3) is 3.37. The maximum absolute atomic E-state index is 12.0. The molecule has 1 aromatic carbocycles. The number of nitrogens with zero attached hydrogens (tertiary/aromatic N) is 1. The highest BCUT2D eigenvalue weighted by molar-refractivity contribution is 7.11. The summed E-state index contributed by atoms with van der Waals surface area (Å²) in [6, 6.07) is 9.75. The molecule has 2 N–H and O–H groups in total. The van der Waals surface area contributed by atoms with Crippen LogP contribution in [0.5, 0.6) is 0 Å². The standard InChI is InChI=1S/C18H18ClN3OS/c1-20-16-5-3-4-13(11-6-8-12(19)9-7-11)14-10-15(17(23)21-2)24-18(14)22-16/h5-10,20H,3-4H2,1-2H3,(H,21,23)/b14-13?,16-5-,22-18+. The van der Waals surface area contributed by atoms with Crippen molar-refractivity contribution in [3.8, 4) is 0 Å². The normalized spacial score (nSPS) is 17.5. The van der Waals surface area contributed by atoms with E-state index in [1.807, 2.05) is 37.4 Å². The molecule has 0 radical (unpaired) electrons. The lowest BCUT2D eigenvalue weighted by Gasteiger charge is -2.09. The van der Waals surface area contributed by atoms with Crippen molar-refractivity contribution in [1.82, 2.24) is 10.6 Å². The third-order valence-electron chi connectivity index (χ3n) is 3.89. The summed E-state index contributed by atoms with van der Waals surface area (Å²) in [4.78, 5) is 17.4. The van der Waals surface area contributed by atoms with Crippen LogP contribution in [0.4, 0.5) is 0 Å². The number of hydrogen-bond donors (Lipinski definition) is 2. The van der Waals surface area contributed by atoms with Gasteiger partial charge in [-0.05, 0) is 48.3 Å². The van der Waals surface area contributed by atoms with Gasteiger partial charge in [-0.1, -0.05) is 23.7 Å². The number of thiophene rings is 1. The highest BCUT2D eigenvalue weighted by Crippen LogP contribution is 2.21. The van der Waals surface area contributed by atoms with Crippen LogP contribution in [0, 0.1) is 0 Å². The number of allylic oxidation sites excluding steroid dienone is 1. The largest absolute Gasteiger partial charge is 0.373 e. The lowest BCUT2D eigenvalue weighted by Crippen LogP contribution is -2.25. The maximum Gasteiger partial charge on any atom is 0.261 e. The summed E-state index contributed by atoms with van der Waals surface area (Å²) >= 11 is 7.42. The van der Waals surface area contributed by atoms with Crippen molar-refractivity contribution in [3.63, 3.8) is 0 Å². The first kappa shape index (κ1) is 16.7. The Hall–Kier alpha value is -2.11. The predicted molar refractivity (Wildman–Crippen MR) is 98.8 cm³/mol. The van der Waals surface area contributed by atoms with Gasteiger partial charge in [-0.15, -0.1) is 11.3 Å². The van der Waals surface area contributed by atoms with Gasteiger partial charge in [-0.25, -0.2) is 4.99 Å². The minimum Gasteiger partial charge on any atom is -0.373 e. The SMILES string of the molecule is CNC(=O)c1cc2/c(s1)=N\C(NC)=C/CCC=2c1ccc(Cl)cc1. The molecule has 24 heavy (non-hydrogen) atoms. The van der Waals surface area contributed by atoms with E-state index in [-0.39, 0.29) is 5.91 Å². The number of amides is 1. The third-order valence-corrected chi connectivity index (χ3v) is 5.17. The van der Waals surface area contributed by atoms with Gasteiger partial charge in [-0.2, -0.15) is 0 Å². The molecule has 0 aliphatic carbocycles. The van der Waals surface area contributed by atoms with Crippen LogP contribution in [0.1, 0.15) is 28.1 Å². The van der Waals surface area contributed by atoms with Crippen LogP contribution >= 0.6 is 22.9 Å². The van der Waals surface area contributed by atoms with Crippen molar-refractivity contribution < 1.29 is 4.79 Å². The molecule has 1 aliphatic rings. The molecule has 124 valence electrons. The van der Waals surface area contributed by atoms with Gasteiger partial charge in [0.25, 0.3) is 5.91 Å². The molecule has 2 heterocycles. The first-order chi connectivity index (χ1) is 11.6. The number of fused-ring (bicyclic) bond motifs is 1. The summed E-state index contributed by atoms with van der Waals surface area (Å²) in [5.74, 6) is 0.740. The average Bonchev–Trinajstić information content (AvgIpc) is 2.98. The number of hydrogen-bond acceptors (Lipinski definition) is 4. The molecule has 6 heteroatoms. The van der Waals surface area contributed by atoms with Gasteiger partial charge in [0.15, 0.2) is 0 Å². The fourth-order valence-electron chi connectivity index (χ4n) is 2.67. The molecule has 0 spiro atoms. The van der Waals surface area contributed by atoms with Crippen LogP contribution in [0.2, 0.25) is 5.02 Å². The second-order valence-corrected chi connectivity index (χ2v) is 6.85. The number of nitrogens with one attached hydrogen (secondary N) is 2. The zero-order valence-corrected chi connectivity index (χ0v) is 15.1. The van der Waals surface area contributed by atoms with E-state index in [1.54, 1.807) is 7.05 Å². The minimum atomic E-state index is -0.0904. The number of benzene rings is 1. The van der Waals surface area contributed by atoms with Crippen molar-refractivity contribution in [1.29, 1.82) is 0 Å². The first-order valence-electron chi connectivity index (χ1n) is 7.70. The highest BCUT2D eigenvalue weighted by Gasteiger charge is 2.13. The predicted octanol–water partition coefficient (Wildman–Crippen LogP) is 2.43. The lowest BCUT2D eigenvalue weighted by molar-refractivity contribution is 0.0967. The second kappa shape index (κ2) is 7.20. The molecule has 0 saturated carbocycles. The Morgan fingerprint density at radius 3 is 2.67 bits per heavy atom. The van der Waals surface area contributed by atoms with Crippen LogP contribution in [0.3, 0.4) is 0 Å². The molecule has 1 amide bonds. The molecule has 1 aliphatic heterocycles. The maximum atomic E-state index is 12.0. The zero-order valence-electron chi connectivity index (χ0n) is 13.5. The van der Waals surface area contributed by atoms with Gasteiger partial charge >= 0.3 is 0 Å². The average molecular weight is 360 g/mol. The van der Waals surface area contributed by atoms with Gasteiger partial charge < -0.3 is 10.6 Å². The highest BCUT2D eigenvalue weighted by atomic mass is 35.5. The van der Waals surface area contributed by atoms with Crippen LogP contribution < -0.4 is 20.5 Å². The van der Waals surface area contributed by atoms with Crippen LogP contribution in [-0.2, 0) is 0 Å². The fraction of sp³-hybridized carbons (Fsp3) is 0.222. The Labute approximate surface area is 149 Å². The number of carbonyl (C=O) groups excluding carboxylic acids is 1. The monoisotopic (exact) mass is 359 g/mol. The molecule has 3 rings (SSSR count). The Bertz CT molecular complexity index is 913. The molecule has 1 aromatic heterocycles. The smallest absolute Gasteiger partial charge is 0.261 e. The number of rotatable bonds is 3. The number of halogens is 1. The summed E-state index contributed by atoms with van der Waals surface area (Å²) < 4.78 is 0.846. The summed E-state index contributed by atoms with van der Waals surface area (Å²) in [7, 11) is 3.49. The van der Waals surface area contributed by atoms with E-state index in [0.29, 0.717) is 9.90 Å². The van der Waals surface area contributed by atoms with Gasteiger partial charge in [0.2, 0.25) is 0 Å². The topological polar surface area (TPSA) is 53.5 Å². The zero-order chi connectivity index (χ0) is 17.1. The Morgan fingerprint density at radius 1 is 1.25 bits per heavy atom. The quantitative estimate of drug-likeness (QED) is 0.884. The van der Waals surface area contributed by atoms with E-state index in [4.69, 9.17) is 11.6 Å². The van der Waals surface area contributed by atoms with Gasteiger partial charge in [0, 0.05) is 24.3 Å². The van der Waals surface area contributed by atoms with E-state index in [1.165, 1.54) is 16.9 Å². The minimum absolute atomic E-state index is 0.0904. The van der Waals surface area contributed by atoms with E-state index in [2.05, 4.69) is 21.7 Å². The molecule has 2 aromatic rings. The first-order valence-corrected chi connectivity index (χ1v) is 8.89. The van der Waals surface area contributed by atoms with Crippen molar-refractivity contribution in [2.75, 3.05) is 14.1 Å². The molecule has 0 fully saturated rings. The Balaban J connectivity index is 2.28. The van der Waals surface area contributed by atoms with Crippen molar-refractivity contribution in [2.24, 2.45) is 4.99 Å². The van der Waals surface area contributed by atoms with Crippen LogP contribution in [0.15, 0.2) is 47.2 Å². The number of carbonyl (C=O) groups is 1. The molecular formula is C18H18ClN3OS. The lowest BCUT2D eigenvalue weighted by atomic mass is 9.98. The summed E-state index contributed by atoms with van der Waals surface area (Å²) in [6.45, 7) is 0. The van der Waals surface area contributed by atoms with Gasteiger partial charge in [0.05, 0.1) is 4.88 Å².